The number of nitrogens with one attached hydrogen (secondary N) is 1. The molecule has 2 rings (SSSR count). The molecule has 1 saturated heterocycles. The first-order valence-corrected chi connectivity index (χ1v) is 8.49. The molecule has 1 heterocycles. The van der Waals surface area contributed by atoms with Gasteiger partial charge in [0.1, 0.15) is 5.82 Å². The monoisotopic (exact) mass is 299 g/mol. The average molecular weight is 299 g/mol. The molecule has 20 heavy (non-hydrogen) atoms. The Hall–Kier alpha value is -1.43. The molecule has 1 aliphatic rings. The van der Waals surface area contributed by atoms with Gasteiger partial charge < -0.3 is 5.32 Å². The SMILES string of the molecule is CCC(C(=O)NC1CCS(=O)(=O)C1)c1ccc(F)cc1. The molecule has 2 atom stereocenters. The van der Waals surface area contributed by atoms with Crippen molar-refractivity contribution in [3.63, 3.8) is 0 Å². The third-order valence-electron chi connectivity index (χ3n) is 3.58. The lowest BCUT2D eigenvalue weighted by molar-refractivity contribution is -0.123. The van der Waals surface area contributed by atoms with Gasteiger partial charge in [-0.2, -0.15) is 0 Å². The van der Waals surface area contributed by atoms with Gasteiger partial charge in [0.2, 0.25) is 5.91 Å². The van der Waals surface area contributed by atoms with Crippen LogP contribution in [-0.2, 0) is 14.6 Å². The molecule has 1 N–H and O–H groups in total. The topological polar surface area (TPSA) is 63.2 Å². The van der Waals surface area contributed by atoms with Gasteiger partial charge >= 0.3 is 0 Å². The van der Waals surface area contributed by atoms with Gasteiger partial charge in [-0.05, 0) is 30.5 Å². The van der Waals surface area contributed by atoms with E-state index in [4.69, 9.17) is 0 Å². The van der Waals surface area contributed by atoms with Crippen molar-refractivity contribution in [2.75, 3.05) is 11.5 Å². The summed E-state index contributed by atoms with van der Waals surface area (Å²) in [7, 11) is -3.01. The summed E-state index contributed by atoms with van der Waals surface area (Å²) in [6, 6.07) is 5.53. The molecular formula is C14H18FNO3S. The Balaban J connectivity index is 2.04. The van der Waals surface area contributed by atoms with Gasteiger partial charge in [0, 0.05) is 6.04 Å². The van der Waals surface area contributed by atoms with Gasteiger partial charge in [-0.3, -0.25) is 4.79 Å². The molecule has 2 unspecified atom stereocenters. The lowest BCUT2D eigenvalue weighted by atomic mass is 9.95. The van der Waals surface area contributed by atoms with Crippen molar-refractivity contribution in [3.8, 4) is 0 Å². The van der Waals surface area contributed by atoms with E-state index >= 15 is 0 Å². The number of rotatable bonds is 4. The third kappa shape index (κ3) is 3.56. The molecule has 0 aliphatic carbocycles. The molecule has 110 valence electrons. The molecule has 1 aliphatic heterocycles. The van der Waals surface area contributed by atoms with Crippen LogP contribution in [0.3, 0.4) is 0 Å². The van der Waals surface area contributed by atoms with Crippen LogP contribution >= 0.6 is 0 Å². The fourth-order valence-corrected chi connectivity index (χ4v) is 4.15. The smallest absolute Gasteiger partial charge is 0.227 e. The van der Waals surface area contributed by atoms with Crippen molar-refractivity contribution < 1.29 is 17.6 Å². The second-order valence-corrected chi connectivity index (χ2v) is 7.35. The van der Waals surface area contributed by atoms with E-state index in [9.17, 15) is 17.6 Å². The van der Waals surface area contributed by atoms with E-state index in [1.807, 2.05) is 6.92 Å². The predicted molar refractivity (Wildman–Crippen MR) is 74.6 cm³/mol. The standard InChI is InChI=1S/C14H18FNO3S/c1-2-13(10-3-5-11(15)6-4-10)14(17)16-12-7-8-20(18,19)9-12/h3-6,12-13H,2,7-9H2,1H3,(H,16,17). The van der Waals surface area contributed by atoms with E-state index in [-0.39, 0.29) is 35.2 Å². The molecule has 0 bridgehead atoms. The highest BCUT2D eigenvalue weighted by atomic mass is 32.2. The summed E-state index contributed by atoms with van der Waals surface area (Å²) in [6.45, 7) is 1.87. The van der Waals surface area contributed by atoms with Crippen LogP contribution in [0.5, 0.6) is 0 Å². The minimum atomic E-state index is -3.01. The van der Waals surface area contributed by atoms with Gasteiger partial charge in [0.25, 0.3) is 0 Å². The van der Waals surface area contributed by atoms with Crippen LogP contribution in [0.1, 0.15) is 31.2 Å². The van der Waals surface area contributed by atoms with Crippen molar-refractivity contribution in [1.29, 1.82) is 0 Å². The van der Waals surface area contributed by atoms with Crippen LogP contribution in [0.4, 0.5) is 4.39 Å². The van der Waals surface area contributed by atoms with E-state index in [0.29, 0.717) is 12.8 Å². The summed E-state index contributed by atoms with van der Waals surface area (Å²) in [5.74, 6) is -0.768. The summed E-state index contributed by atoms with van der Waals surface area (Å²) in [5.41, 5.74) is 0.743. The van der Waals surface area contributed by atoms with E-state index in [0.717, 1.165) is 5.56 Å². The van der Waals surface area contributed by atoms with Gasteiger partial charge in [0.05, 0.1) is 17.4 Å². The molecule has 6 heteroatoms. The zero-order valence-electron chi connectivity index (χ0n) is 11.3. The van der Waals surface area contributed by atoms with Crippen LogP contribution in [0.15, 0.2) is 24.3 Å². The maximum Gasteiger partial charge on any atom is 0.227 e. The molecule has 0 saturated carbocycles. The third-order valence-corrected chi connectivity index (χ3v) is 5.34. The van der Waals surface area contributed by atoms with Crippen molar-refractivity contribution in [1.82, 2.24) is 5.32 Å². The zero-order valence-corrected chi connectivity index (χ0v) is 12.1. The Kier molecular flexibility index (Phi) is 4.42. The number of carbonyl (C=O) groups is 1. The molecule has 0 aromatic heterocycles. The lowest BCUT2D eigenvalue weighted by Crippen LogP contribution is -2.38. The van der Waals surface area contributed by atoms with Gasteiger partial charge in [-0.15, -0.1) is 0 Å². The fourth-order valence-electron chi connectivity index (χ4n) is 2.48. The summed E-state index contributed by atoms with van der Waals surface area (Å²) in [5, 5.41) is 2.79. The molecule has 4 nitrogen and oxygen atoms in total. The number of hydrogen-bond donors (Lipinski definition) is 1. The van der Waals surface area contributed by atoms with Gasteiger partial charge in [0.15, 0.2) is 9.84 Å². The molecule has 0 spiro atoms. The predicted octanol–water partition coefficient (Wildman–Crippen LogP) is 1.62. The number of carbonyl (C=O) groups excluding carboxylic acids is 1. The van der Waals surface area contributed by atoms with Crippen LogP contribution in [0.2, 0.25) is 0 Å². The van der Waals surface area contributed by atoms with Crippen molar-refractivity contribution in [3.05, 3.63) is 35.6 Å². The molecule has 0 radical (unpaired) electrons. The Morgan fingerprint density at radius 1 is 1.40 bits per heavy atom. The van der Waals surface area contributed by atoms with Gasteiger partial charge in [-0.1, -0.05) is 19.1 Å². The van der Waals surface area contributed by atoms with Crippen molar-refractivity contribution in [2.24, 2.45) is 0 Å². The second-order valence-electron chi connectivity index (χ2n) is 5.12. The second kappa shape index (κ2) is 5.91. The minimum Gasteiger partial charge on any atom is -0.352 e. The minimum absolute atomic E-state index is 0.0125. The summed E-state index contributed by atoms with van der Waals surface area (Å²) < 4.78 is 35.7. The lowest BCUT2D eigenvalue weighted by Gasteiger charge is -2.18. The molecule has 1 fully saturated rings. The van der Waals surface area contributed by atoms with Crippen LogP contribution in [0.25, 0.3) is 0 Å². The van der Waals surface area contributed by atoms with Crippen molar-refractivity contribution in [2.45, 2.75) is 31.7 Å². The molecule has 1 aromatic carbocycles. The quantitative estimate of drug-likeness (QED) is 0.919. The summed E-state index contributed by atoms with van der Waals surface area (Å²) in [4.78, 5) is 12.2. The maximum atomic E-state index is 12.9. The van der Waals surface area contributed by atoms with Crippen molar-refractivity contribution >= 4 is 15.7 Å². The highest BCUT2D eigenvalue weighted by Crippen LogP contribution is 2.21. The number of amides is 1. The van der Waals surface area contributed by atoms with E-state index < -0.39 is 9.84 Å². The van der Waals surface area contributed by atoms with Crippen LogP contribution in [-0.4, -0.2) is 31.9 Å². The zero-order chi connectivity index (χ0) is 14.8. The normalized spacial score (nSPS) is 22.4. The highest BCUT2D eigenvalue weighted by Gasteiger charge is 2.30. The number of benzene rings is 1. The average Bonchev–Trinajstić information content (AvgIpc) is 2.72. The van der Waals surface area contributed by atoms with Crippen LogP contribution < -0.4 is 5.32 Å². The number of hydrogen-bond acceptors (Lipinski definition) is 3. The maximum absolute atomic E-state index is 12.9. The highest BCUT2D eigenvalue weighted by molar-refractivity contribution is 7.91. The first-order valence-electron chi connectivity index (χ1n) is 6.67. The number of sulfone groups is 1. The first-order chi connectivity index (χ1) is 9.41. The largest absolute Gasteiger partial charge is 0.352 e. The Morgan fingerprint density at radius 3 is 2.55 bits per heavy atom. The van der Waals surface area contributed by atoms with Crippen LogP contribution in [0, 0.1) is 5.82 Å². The Bertz CT molecular complexity index is 583. The summed E-state index contributed by atoms with van der Waals surface area (Å²) >= 11 is 0. The fraction of sp³-hybridized carbons (Fsp3) is 0.500. The Labute approximate surface area is 118 Å². The van der Waals surface area contributed by atoms with Gasteiger partial charge in [-0.25, -0.2) is 12.8 Å². The summed E-state index contributed by atoms with van der Waals surface area (Å²) in [6.07, 6.45) is 1.05. The molecule has 1 amide bonds. The van der Waals surface area contributed by atoms with E-state index in [1.165, 1.54) is 12.1 Å². The molecular weight excluding hydrogens is 281 g/mol. The first kappa shape index (κ1) is 15.0. The molecule has 1 aromatic rings. The van der Waals surface area contributed by atoms with E-state index in [1.54, 1.807) is 12.1 Å². The Morgan fingerprint density at radius 2 is 2.05 bits per heavy atom. The number of halogens is 1. The van der Waals surface area contributed by atoms with E-state index in [2.05, 4.69) is 5.32 Å².